The summed E-state index contributed by atoms with van der Waals surface area (Å²) in [5.41, 5.74) is -1.13. The van der Waals surface area contributed by atoms with Gasteiger partial charge in [-0.2, -0.15) is 4.37 Å². The molecule has 0 aliphatic carbocycles. The maximum Gasteiger partial charge on any atom is 0.347 e. The topological polar surface area (TPSA) is 410 Å². The van der Waals surface area contributed by atoms with E-state index in [9.17, 15) is 67.1 Å². The van der Waals surface area contributed by atoms with E-state index in [0.29, 0.717) is 32.1 Å². The zero-order chi connectivity index (χ0) is 66.4. The Morgan fingerprint density at radius 2 is 0.690 bits per heavy atom. The van der Waals surface area contributed by atoms with E-state index in [4.69, 9.17) is 61.6 Å². The predicted octanol–water partition coefficient (Wildman–Crippen LogP) is 0.513. The van der Waals surface area contributed by atoms with Crippen molar-refractivity contribution in [1.82, 2.24) is 13.6 Å². The number of hydrogen-bond donors (Lipinski definition) is 0. The highest BCUT2D eigenvalue weighted by atomic mass is 32.1. The van der Waals surface area contributed by atoms with Crippen LogP contribution >= 0.6 is 11.7 Å². The summed E-state index contributed by atoms with van der Waals surface area (Å²) in [6, 6.07) is 0. The van der Waals surface area contributed by atoms with Gasteiger partial charge in [-0.05, 0) is 104 Å². The molecule has 13 atom stereocenters. The van der Waals surface area contributed by atoms with Crippen molar-refractivity contribution in [2.75, 3.05) is 44.4 Å². The molecule has 1 aliphatic heterocycles. The molecule has 0 aromatic carbocycles. The minimum atomic E-state index is -1.73. The fourth-order valence-electron chi connectivity index (χ4n) is 6.69. The molecule has 33 nitrogen and oxygen atoms in total. The number of carbonyl (C=O) groups excluding carboxylic acids is 14. The van der Waals surface area contributed by atoms with Crippen molar-refractivity contribution in [3.63, 3.8) is 0 Å². The van der Waals surface area contributed by atoms with Crippen LogP contribution in [0, 0.1) is 0 Å². The average molecular weight is 1270 g/mol. The molecular weight excluding hydrogens is 1190 g/mol. The van der Waals surface area contributed by atoms with Crippen LogP contribution in [-0.2, 0) is 133 Å². The van der Waals surface area contributed by atoms with Crippen LogP contribution in [0.5, 0.6) is 5.88 Å². The van der Waals surface area contributed by atoms with Crippen molar-refractivity contribution in [1.29, 1.82) is 0 Å². The molecule has 12 unspecified atom stereocenters. The minimum absolute atomic E-state index is 0.0372. The number of carbonyl (C=O) groups is 14. The first kappa shape index (κ1) is 74.8. The third-order valence-corrected chi connectivity index (χ3v) is 12.0. The Kier molecular flexibility index (Phi) is 29.9. The van der Waals surface area contributed by atoms with Gasteiger partial charge in [0.25, 0.3) is 11.8 Å². The van der Waals surface area contributed by atoms with Gasteiger partial charge < -0.3 is 80.9 Å². The molecule has 0 N–H and O–H groups in total. The second-order valence-electron chi connectivity index (χ2n) is 20.3. The number of morpholine rings is 1. The van der Waals surface area contributed by atoms with Gasteiger partial charge in [0, 0.05) is 32.5 Å². The normalized spacial score (nSPS) is 16.7. The van der Waals surface area contributed by atoms with Crippen LogP contribution < -0.4 is 9.64 Å². The quantitative estimate of drug-likeness (QED) is 0.0722. The summed E-state index contributed by atoms with van der Waals surface area (Å²) >= 11 is 0.825. The van der Waals surface area contributed by atoms with Gasteiger partial charge in [-0.3, -0.25) is 14.4 Å². The highest BCUT2D eigenvalue weighted by molar-refractivity contribution is 6.99. The summed E-state index contributed by atoms with van der Waals surface area (Å²) in [5, 5.41) is 0. The fraction of sp³-hybridized carbons (Fsp3) is 0.698. The molecule has 0 bridgehead atoms. The standard InChI is InChI=1S/C53H76N4O29S/c1-24(76-44(63)27(4)79-47(66)30(7)82-48(67)31(8)80-45(64)28(5)77-42(61)25(2)74-36(13)58)41(60)57(53(15,16)17)22-38(23-73-40-39(54-87-55-40)56-18-20-72-21-19-56)86-52(71)35(12)85-51(70)34(11)84-50(69)33(10)83-49(68)32(9)81-46(65)29(6)78-43(62)26(3)75-37(14)59/h24-35,38H,18-23H2,1-17H3/t24?,25?,26?,27?,28?,29?,30?,31?,32?,33?,34?,35?,38-/m0/s1. The highest BCUT2D eigenvalue weighted by Gasteiger charge is 2.39. The molecule has 1 aromatic heterocycles. The molecule has 34 heteroatoms. The van der Waals surface area contributed by atoms with E-state index in [2.05, 4.69) is 18.2 Å². The number of esters is 13. The van der Waals surface area contributed by atoms with E-state index < -0.39 is 182 Å². The molecule has 0 saturated carbocycles. The SMILES string of the molecule is CC(=O)OC(C)C(=O)OC(C)C(=O)OC(C)C(=O)OC(C)C(=O)OC(C)C(=O)OC(C)C(=O)O[C@H](COc1nsnc1N1CCOCC1)CN(C(=O)C(C)OC(=O)C(C)OC(=O)C(C)OC(=O)C(C)OC(=O)C(C)OC(=O)C(C)OC(C)=O)C(C)(C)C. The van der Waals surface area contributed by atoms with Gasteiger partial charge in [0.15, 0.2) is 79.4 Å². The smallest absolute Gasteiger partial charge is 0.347 e. The van der Waals surface area contributed by atoms with Gasteiger partial charge >= 0.3 is 77.6 Å². The second-order valence-corrected chi connectivity index (χ2v) is 20.8. The lowest BCUT2D eigenvalue weighted by Gasteiger charge is -2.39. The first-order valence-electron chi connectivity index (χ1n) is 27.0. The van der Waals surface area contributed by atoms with Gasteiger partial charge in [0.1, 0.15) is 6.61 Å². The first-order valence-corrected chi connectivity index (χ1v) is 27.8. The van der Waals surface area contributed by atoms with Gasteiger partial charge in [-0.25, -0.2) is 52.7 Å². The lowest BCUT2D eigenvalue weighted by molar-refractivity contribution is -0.188. The van der Waals surface area contributed by atoms with E-state index in [1.54, 1.807) is 20.8 Å². The largest absolute Gasteiger partial charge is 0.470 e. The molecule has 87 heavy (non-hydrogen) atoms. The number of ether oxygens (including phenoxy) is 15. The van der Waals surface area contributed by atoms with Crippen LogP contribution in [0.25, 0.3) is 0 Å². The summed E-state index contributed by atoms with van der Waals surface area (Å²) in [6.45, 7) is 21.1. The number of rotatable bonds is 31. The van der Waals surface area contributed by atoms with Crippen molar-refractivity contribution >= 4 is 101 Å². The van der Waals surface area contributed by atoms with Gasteiger partial charge in [0.2, 0.25) is 5.82 Å². The van der Waals surface area contributed by atoms with Crippen molar-refractivity contribution < 1.29 is 138 Å². The molecule has 1 aromatic rings. The lowest BCUT2D eigenvalue weighted by Crippen LogP contribution is -2.54. The molecule has 1 fully saturated rings. The third-order valence-electron chi connectivity index (χ3n) is 11.5. The van der Waals surface area contributed by atoms with E-state index >= 15 is 0 Å². The van der Waals surface area contributed by atoms with Crippen molar-refractivity contribution in [3.8, 4) is 5.88 Å². The molecular formula is C53H76N4O29S. The molecule has 1 aliphatic rings. The Morgan fingerprint density at radius 1 is 0.425 bits per heavy atom. The van der Waals surface area contributed by atoms with E-state index in [-0.39, 0.29) is 5.88 Å². The summed E-state index contributed by atoms with van der Waals surface area (Å²) in [7, 11) is 0. The zero-order valence-corrected chi connectivity index (χ0v) is 52.1. The zero-order valence-electron chi connectivity index (χ0n) is 51.3. The van der Waals surface area contributed by atoms with E-state index in [1.807, 2.05) is 4.90 Å². The van der Waals surface area contributed by atoms with Crippen molar-refractivity contribution in [2.24, 2.45) is 0 Å². The maximum absolute atomic E-state index is 14.2. The molecule has 0 spiro atoms. The van der Waals surface area contributed by atoms with Gasteiger partial charge in [-0.1, -0.05) is 0 Å². The molecule has 488 valence electrons. The van der Waals surface area contributed by atoms with Crippen molar-refractivity contribution in [3.05, 3.63) is 0 Å². The molecule has 2 rings (SSSR count). The number of hydrogen-bond acceptors (Lipinski definition) is 33. The Balaban J connectivity index is 2.15. The summed E-state index contributed by atoms with van der Waals surface area (Å²) < 4.78 is 85.8. The summed E-state index contributed by atoms with van der Waals surface area (Å²) in [6.07, 6.45) is -20.7. The number of aromatic nitrogens is 2. The highest BCUT2D eigenvalue weighted by Crippen LogP contribution is 2.27. The molecule has 1 amide bonds. The Bertz CT molecular complexity index is 2630. The van der Waals surface area contributed by atoms with Crippen LogP contribution in [0.4, 0.5) is 5.82 Å². The third kappa shape index (κ3) is 25.3. The van der Waals surface area contributed by atoms with Crippen LogP contribution in [0.1, 0.15) is 118 Å². The van der Waals surface area contributed by atoms with Gasteiger partial charge in [0.05, 0.1) is 31.5 Å². The monoisotopic (exact) mass is 1260 g/mol. The van der Waals surface area contributed by atoms with Crippen LogP contribution in [0.3, 0.4) is 0 Å². The maximum atomic E-state index is 14.2. The lowest BCUT2D eigenvalue weighted by atomic mass is 10.0. The molecule has 2 heterocycles. The molecule has 0 radical (unpaired) electrons. The Labute approximate surface area is 504 Å². The predicted molar refractivity (Wildman–Crippen MR) is 288 cm³/mol. The summed E-state index contributed by atoms with van der Waals surface area (Å²) in [4.78, 5) is 180. The Morgan fingerprint density at radius 3 is 0.966 bits per heavy atom. The molecule has 1 saturated heterocycles. The second kappa shape index (κ2) is 34.7. The van der Waals surface area contributed by atoms with Crippen LogP contribution in [-0.4, -0.2) is 222 Å². The Hall–Kier alpha value is -8.30. The summed E-state index contributed by atoms with van der Waals surface area (Å²) in [5.74, 6) is -15.3. The van der Waals surface area contributed by atoms with Crippen LogP contribution in [0.2, 0.25) is 0 Å². The number of anilines is 1. The minimum Gasteiger partial charge on any atom is -0.470 e. The fourth-order valence-corrected chi connectivity index (χ4v) is 7.21. The average Bonchev–Trinajstić information content (AvgIpc) is 4.09. The number of amides is 1. The van der Waals surface area contributed by atoms with Crippen molar-refractivity contribution in [2.45, 2.75) is 203 Å². The van der Waals surface area contributed by atoms with Gasteiger partial charge in [-0.15, -0.1) is 4.37 Å². The first-order chi connectivity index (χ1) is 40.3. The number of nitrogens with zero attached hydrogens (tertiary/aromatic N) is 4. The van der Waals surface area contributed by atoms with Crippen LogP contribution in [0.15, 0.2) is 0 Å². The van der Waals surface area contributed by atoms with E-state index in [1.165, 1.54) is 25.7 Å². The van der Waals surface area contributed by atoms with E-state index in [0.717, 1.165) is 87.9 Å².